The molecule has 17 heavy (non-hydrogen) atoms. The molecule has 1 N–H and O–H groups in total. The van der Waals surface area contributed by atoms with Crippen molar-refractivity contribution in [1.82, 2.24) is 0 Å². The number of fused-ring (bicyclic) bond motifs is 1. The first-order valence-electron chi connectivity index (χ1n) is 5.69. The van der Waals surface area contributed by atoms with Gasteiger partial charge >= 0.3 is 0 Å². The molecule has 1 aliphatic rings. The van der Waals surface area contributed by atoms with Crippen molar-refractivity contribution in [3.8, 4) is 11.5 Å². The number of hydrogen-bond donors (Lipinski definition) is 1. The Morgan fingerprint density at radius 2 is 2.12 bits per heavy atom. The monoisotopic (exact) mass is 254 g/mol. The third-order valence-corrected chi connectivity index (χ3v) is 4.17. The van der Waals surface area contributed by atoms with Gasteiger partial charge in [-0.15, -0.1) is 0 Å². The van der Waals surface area contributed by atoms with Gasteiger partial charge in [0.05, 0.1) is 20.3 Å². The van der Waals surface area contributed by atoms with E-state index in [0.717, 1.165) is 29.1 Å². The molecule has 0 aromatic heterocycles. The van der Waals surface area contributed by atoms with Crippen LogP contribution < -0.4 is 9.47 Å². The molecule has 0 amide bonds. The second-order valence-electron chi connectivity index (χ2n) is 4.18. The average molecular weight is 254 g/mol. The number of hydrogen-bond acceptors (Lipinski definition) is 4. The zero-order valence-corrected chi connectivity index (χ0v) is 11.3. The molecule has 3 nitrogen and oxygen atoms in total. The fraction of sp³-hybridized carbons (Fsp3) is 0.538. The van der Waals surface area contributed by atoms with E-state index in [1.807, 2.05) is 17.8 Å². The van der Waals surface area contributed by atoms with Gasteiger partial charge in [-0.2, -0.15) is 11.8 Å². The minimum absolute atomic E-state index is 0.455. The van der Waals surface area contributed by atoms with E-state index in [-0.39, 0.29) is 0 Å². The zero-order chi connectivity index (χ0) is 12.4. The molecule has 1 unspecified atom stereocenters. The maximum atomic E-state index is 10.2. The molecule has 0 bridgehead atoms. The van der Waals surface area contributed by atoms with Crippen LogP contribution in [0.3, 0.4) is 0 Å². The summed E-state index contributed by atoms with van der Waals surface area (Å²) in [4.78, 5) is 0. The summed E-state index contributed by atoms with van der Waals surface area (Å²) in [6.45, 7) is 2.05. The summed E-state index contributed by atoms with van der Waals surface area (Å²) in [5, 5.41) is 10.2. The summed E-state index contributed by atoms with van der Waals surface area (Å²) in [5.41, 5.74) is 3.26. The van der Waals surface area contributed by atoms with E-state index in [0.29, 0.717) is 11.5 Å². The molecular formula is C13H18O3S. The minimum atomic E-state index is -0.455. The highest BCUT2D eigenvalue weighted by atomic mass is 32.2. The first-order chi connectivity index (χ1) is 8.19. The van der Waals surface area contributed by atoms with Crippen LogP contribution in [0, 0.1) is 6.92 Å². The summed E-state index contributed by atoms with van der Waals surface area (Å²) >= 11 is 1.85. The van der Waals surface area contributed by atoms with Crippen LogP contribution in [0.15, 0.2) is 6.07 Å². The molecule has 2 rings (SSSR count). The topological polar surface area (TPSA) is 38.7 Å². The minimum Gasteiger partial charge on any atom is -0.493 e. The first kappa shape index (κ1) is 12.6. The van der Waals surface area contributed by atoms with Crippen LogP contribution in [0.5, 0.6) is 11.5 Å². The molecule has 0 radical (unpaired) electrons. The van der Waals surface area contributed by atoms with Gasteiger partial charge in [-0.1, -0.05) is 0 Å². The van der Waals surface area contributed by atoms with Crippen LogP contribution in [-0.4, -0.2) is 25.1 Å². The van der Waals surface area contributed by atoms with Crippen molar-refractivity contribution < 1.29 is 14.6 Å². The number of aryl methyl sites for hydroxylation is 1. The van der Waals surface area contributed by atoms with E-state index in [1.165, 1.54) is 5.56 Å². The van der Waals surface area contributed by atoms with E-state index in [9.17, 15) is 5.11 Å². The summed E-state index contributed by atoms with van der Waals surface area (Å²) < 4.78 is 10.8. The van der Waals surface area contributed by atoms with Gasteiger partial charge in [0.25, 0.3) is 0 Å². The van der Waals surface area contributed by atoms with Crippen LogP contribution in [-0.2, 0) is 5.75 Å². The lowest BCUT2D eigenvalue weighted by atomic mass is 9.96. The fourth-order valence-electron chi connectivity index (χ4n) is 2.25. The lowest BCUT2D eigenvalue weighted by molar-refractivity contribution is 0.169. The lowest BCUT2D eigenvalue weighted by Gasteiger charge is -2.20. The van der Waals surface area contributed by atoms with Crippen molar-refractivity contribution in [3.05, 3.63) is 22.8 Å². The molecular weight excluding hydrogens is 236 g/mol. The summed E-state index contributed by atoms with van der Waals surface area (Å²) in [7, 11) is 3.25. The number of thioether (sulfide) groups is 1. The van der Waals surface area contributed by atoms with Gasteiger partial charge in [0, 0.05) is 11.3 Å². The average Bonchev–Trinajstić information content (AvgIpc) is 2.52. The van der Waals surface area contributed by atoms with Crippen molar-refractivity contribution in [2.24, 2.45) is 0 Å². The largest absolute Gasteiger partial charge is 0.493 e. The molecule has 1 aromatic carbocycles. The normalized spacial score (nSPS) is 19.4. The predicted molar refractivity (Wildman–Crippen MR) is 70.0 cm³/mol. The molecule has 1 heterocycles. The molecule has 0 spiro atoms. The van der Waals surface area contributed by atoms with Crippen molar-refractivity contribution in [2.45, 2.75) is 25.2 Å². The van der Waals surface area contributed by atoms with Gasteiger partial charge in [0.15, 0.2) is 11.5 Å². The number of methoxy groups -OCH3 is 2. The molecule has 1 aliphatic heterocycles. The number of ether oxygens (including phenoxy) is 2. The van der Waals surface area contributed by atoms with E-state index >= 15 is 0 Å². The Labute approximate surface area is 106 Å². The predicted octanol–water partition coefficient (Wildman–Crippen LogP) is 2.68. The highest BCUT2D eigenvalue weighted by Crippen LogP contribution is 2.43. The molecule has 4 heteroatoms. The Kier molecular flexibility index (Phi) is 3.84. The third kappa shape index (κ3) is 2.24. The smallest absolute Gasteiger partial charge is 0.166 e. The summed E-state index contributed by atoms with van der Waals surface area (Å²) in [5.74, 6) is 3.29. The molecule has 0 fully saturated rings. The van der Waals surface area contributed by atoms with Crippen molar-refractivity contribution in [2.75, 3.05) is 20.0 Å². The van der Waals surface area contributed by atoms with E-state index in [1.54, 1.807) is 14.2 Å². The Balaban J connectivity index is 2.64. The van der Waals surface area contributed by atoms with Crippen molar-refractivity contribution in [1.29, 1.82) is 0 Å². The molecule has 0 saturated heterocycles. The Hall–Kier alpha value is -0.870. The standard InChI is InChI=1S/C13H18O3S/c1-8-6-11(15-2)13(16-3)12-9(8)7-17-5-4-10(12)14/h6,10,14H,4-5,7H2,1-3H3. The number of aliphatic hydroxyl groups is 1. The van der Waals surface area contributed by atoms with E-state index in [4.69, 9.17) is 9.47 Å². The second kappa shape index (κ2) is 5.19. The fourth-order valence-corrected chi connectivity index (χ4v) is 3.37. The summed E-state index contributed by atoms with van der Waals surface area (Å²) in [6, 6.07) is 1.98. The van der Waals surface area contributed by atoms with Gasteiger partial charge in [-0.3, -0.25) is 0 Å². The number of rotatable bonds is 2. The zero-order valence-electron chi connectivity index (χ0n) is 10.4. The number of aliphatic hydroxyl groups excluding tert-OH is 1. The molecule has 94 valence electrons. The van der Waals surface area contributed by atoms with Crippen LogP contribution in [0.25, 0.3) is 0 Å². The highest BCUT2D eigenvalue weighted by molar-refractivity contribution is 7.98. The third-order valence-electron chi connectivity index (χ3n) is 3.16. The maximum Gasteiger partial charge on any atom is 0.166 e. The molecule has 0 saturated carbocycles. The van der Waals surface area contributed by atoms with Gasteiger partial charge in [-0.25, -0.2) is 0 Å². The second-order valence-corrected chi connectivity index (χ2v) is 5.28. The molecule has 1 atom stereocenters. The van der Waals surface area contributed by atoms with Crippen LogP contribution in [0.2, 0.25) is 0 Å². The van der Waals surface area contributed by atoms with Crippen molar-refractivity contribution in [3.63, 3.8) is 0 Å². The SMILES string of the molecule is COc1cc(C)c2c(c1OC)C(O)CCSC2. The highest BCUT2D eigenvalue weighted by Gasteiger charge is 2.25. The van der Waals surface area contributed by atoms with E-state index < -0.39 is 6.10 Å². The van der Waals surface area contributed by atoms with E-state index in [2.05, 4.69) is 6.92 Å². The Morgan fingerprint density at radius 3 is 2.76 bits per heavy atom. The van der Waals surface area contributed by atoms with Gasteiger partial charge in [-0.05, 0) is 36.3 Å². The van der Waals surface area contributed by atoms with Gasteiger partial charge in [0.1, 0.15) is 0 Å². The lowest BCUT2D eigenvalue weighted by Crippen LogP contribution is -2.06. The van der Waals surface area contributed by atoms with Crippen LogP contribution >= 0.6 is 11.8 Å². The molecule has 0 aliphatic carbocycles. The van der Waals surface area contributed by atoms with Gasteiger partial charge in [0.2, 0.25) is 0 Å². The Bertz CT molecular complexity index is 418. The van der Waals surface area contributed by atoms with Gasteiger partial charge < -0.3 is 14.6 Å². The van der Waals surface area contributed by atoms with Crippen LogP contribution in [0.1, 0.15) is 29.2 Å². The first-order valence-corrected chi connectivity index (χ1v) is 6.84. The molecule has 1 aromatic rings. The van der Waals surface area contributed by atoms with Crippen molar-refractivity contribution >= 4 is 11.8 Å². The van der Waals surface area contributed by atoms with Crippen LogP contribution in [0.4, 0.5) is 0 Å². The number of benzene rings is 1. The Morgan fingerprint density at radius 1 is 1.35 bits per heavy atom. The maximum absolute atomic E-state index is 10.2. The quantitative estimate of drug-likeness (QED) is 0.880. The summed E-state index contributed by atoms with van der Waals surface area (Å²) in [6.07, 6.45) is 0.310.